The average molecular weight is 356 g/mol. The summed E-state index contributed by atoms with van der Waals surface area (Å²) in [5, 5.41) is 2.79. The molecule has 0 saturated carbocycles. The van der Waals surface area contributed by atoms with E-state index in [2.05, 4.69) is 5.32 Å². The van der Waals surface area contributed by atoms with Crippen LogP contribution < -0.4 is 14.8 Å². The molecule has 0 aromatic heterocycles. The second-order valence-corrected chi connectivity index (χ2v) is 5.88. The minimum atomic E-state index is -0.242. The zero-order valence-electron chi connectivity index (χ0n) is 15.3. The number of amides is 2. The molecular formula is C20H24N2O4. The predicted molar refractivity (Wildman–Crippen MR) is 101 cm³/mol. The summed E-state index contributed by atoms with van der Waals surface area (Å²) >= 11 is 0. The molecule has 2 aromatic carbocycles. The average Bonchev–Trinajstić information content (AvgIpc) is 2.63. The van der Waals surface area contributed by atoms with Gasteiger partial charge in [-0.05, 0) is 43.3 Å². The quantitative estimate of drug-likeness (QED) is 0.790. The zero-order chi connectivity index (χ0) is 18.9. The number of aryl methyl sites for hydroxylation is 1. The van der Waals surface area contributed by atoms with E-state index in [4.69, 9.17) is 9.47 Å². The molecule has 0 saturated heterocycles. The maximum atomic E-state index is 12.2. The first-order valence-electron chi connectivity index (χ1n) is 8.37. The van der Waals surface area contributed by atoms with Crippen LogP contribution in [0.25, 0.3) is 0 Å². The maximum Gasteiger partial charge on any atom is 0.243 e. The van der Waals surface area contributed by atoms with E-state index in [1.807, 2.05) is 31.2 Å². The van der Waals surface area contributed by atoms with Gasteiger partial charge in [-0.15, -0.1) is 0 Å². The fraction of sp³-hybridized carbons (Fsp3) is 0.300. The van der Waals surface area contributed by atoms with Crippen molar-refractivity contribution in [2.24, 2.45) is 0 Å². The minimum Gasteiger partial charge on any atom is -0.497 e. The maximum absolute atomic E-state index is 12.2. The molecule has 0 heterocycles. The summed E-state index contributed by atoms with van der Waals surface area (Å²) in [6, 6.07) is 14.7. The number of carbonyl (C=O) groups excluding carboxylic acids is 2. The number of rotatable bonds is 8. The highest BCUT2D eigenvalue weighted by Gasteiger charge is 2.14. The Labute approximate surface area is 153 Å². The molecule has 0 unspecified atom stereocenters. The predicted octanol–water partition coefficient (Wildman–Crippen LogP) is 2.87. The van der Waals surface area contributed by atoms with Gasteiger partial charge in [0.05, 0.1) is 20.2 Å². The summed E-state index contributed by atoms with van der Waals surface area (Å²) in [4.78, 5) is 25.4. The molecule has 26 heavy (non-hydrogen) atoms. The Kier molecular flexibility index (Phi) is 7.02. The second-order valence-electron chi connectivity index (χ2n) is 5.88. The van der Waals surface area contributed by atoms with E-state index in [9.17, 15) is 9.59 Å². The van der Waals surface area contributed by atoms with Crippen LogP contribution in [0.1, 0.15) is 12.5 Å². The van der Waals surface area contributed by atoms with E-state index < -0.39 is 0 Å². The molecular weight excluding hydrogens is 332 g/mol. The van der Waals surface area contributed by atoms with Crippen LogP contribution in [0.5, 0.6) is 11.5 Å². The van der Waals surface area contributed by atoms with Gasteiger partial charge in [0.25, 0.3) is 0 Å². The van der Waals surface area contributed by atoms with Crippen molar-refractivity contribution < 1.29 is 19.1 Å². The van der Waals surface area contributed by atoms with Gasteiger partial charge in [-0.25, -0.2) is 0 Å². The van der Waals surface area contributed by atoms with Gasteiger partial charge in [-0.2, -0.15) is 0 Å². The van der Waals surface area contributed by atoms with Crippen molar-refractivity contribution in [1.29, 1.82) is 0 Å². The van der Waals surface area contributed by atoms with Crippen LogP contribution in [0.15, 0.2) is 48.5 Å². The first kappa shape index (κ1) is 19.3. The van der Waals surface area contributed by atoms with Gasteiger partial charge in [-0.1, -0.05) is 17.7 Å². The lowest BCUT2D eigenvalue weighted by Gasteiger charge is -2.20. The molecule has 1 N–H and O–H groups in total. The van der Waals surface area contributed by atoms with Crippen LogP contribution in [-0.2, 0) is 9.59 Å². The topological polar surface area (TPSA) is 67.9 Å². The molecule has 0 aliphatic rings. The normalized spacial score (nSPS) is 10.1. The number of hydrogen-bond acceptors (Lipinski definition) is 4. The summed E-state index contributed by atoms with van der Waals surface area (Å²) < 4.78 is 10.7. The number of methoxy groups -OCH3 is 1. The molecule has 0 aliphatic carbocycles. The Morgan fingerprint density at radius 3 is 2.19 bits per heavy atom. The fourth-order valence-corrected chi connectivity index (χ4v) is 2.30. The minimum absolute atomic E-state index is 0.0187. The van der Waals surface area contributed by atoms with Gasteiger partial charge in [0, 0.05) is 12.6 Å². The van der Waals surface area contributed by atoms with Crippen molar-refractivity contribution in [3.05, 3.63) is 54.1 Å². The van der Waals surface area contributed by atoms with Gasteiger partial charge in [-0.3, -0.25) is 9.59 Å². The number of hydrogen-bond donors (Lipinski definition) is 1. The summed E-state index contributed by atoms with van der Waals surface area (Å²) in [6.45, 7) is 4.01. The van der Waals surface area contributed by atoms with Gasteiger partial charge >= 0.3 is 0 Å². The molecule has 2 amide bonds. The first-order chi connectivity index (χ1) is 12.5. The summed E-state index contributed by atoms with van der Waals surface area (Å²) in [5.41, 5.74) is 1.82. The number of benzene rings is 2. The first-order valence-corrected chi connectivity index (χ1v) is 8.37. The van der Waals surface area contributed by atoms with E-state index in [-0.39, 0.29) is 18.4 Å². The zero-order valence-corrected chi connectivity index (χ0v) is 15.3. The second kappa shape index (κ2) is 9.46. The third-order valence-corrected chi connectivity index (χ3v) is 3.80. The highest BCUT2D eigenvalue weighted by atomic mass is 16.5. The van der Waals surface area contributed by atoms with Crippen molar-refractivity contribution in [2.75, 3.05) is 32.1 Å². The molecule has 138 valence electrons. The smallest absolute Gasteiger partial charge is 0.243 e. The Bertz CT molecular complexity index is 726. The highest BCUT2D eigenvalue weighted by molar-refractivity contribution is 5.94. The largest absolute Gasteiger partial charge is 0.497 e. The summed E-state index contributed by atoms with van der Waals surface area (Å²) in [7, 11) is 1.60. The molecule has 0 fully saturated rings. The number of carbonyl (C=O) groups is 2. The van der Waals surface area contributed by atoms with Crippen LogP contribution in [-0.4, -0.2) is 43.5 Å². The Hall–Kier alpha value is -3.02. The number of anilines is 1. The fourth-order valence-electron chi connectivity index (χ4n) is 2.30. The lowest BCUT2D eigenvalue weighted by molar-refractivity contribution is -0.133. The number of ether oxygens (including phenoxy) is 2. The van der Waals surface area contributed by atoms with E-state index in [0.717, 1.165) is 11.3 Å². The van der Waals surface area contributed by atoms with Crippen LogP contribution in [0, 0.1) is 6.92 Å². The van der Waals surface area contributed by atoms with Crippen LogP contribution in [0.3, 0.4) is 0 Å². The van der Waals surface area contributed by atoms with Crippen LogP contribution in [0.4, 0.5) is 5.69 Å². The SMILES string of the molecule is COc1ccc(OCCN(CC(=O)Nc2ccc(C)cc2)C(C)=O)cc1. The van der Waals surface area contributed by atoms with Gasteiger partial charge in [0.15, 0.2) is 0 Å². The van der Waals surface area contributed by atoms with Gasteiger partial charge in [0.2, 0.25) is 11.8 Å². The molecule has 6 heteroatoms. The van der Waals surface area contributed by atoms with E-state index in [1.54, 1.807) is 31.4 Å². The molecule has 2 aromatic rings. The Balaban J connectivity index is 1.82. The molecule has 0 bridgehead atoms. The van der Waals surface area contributed by atoms with Gasteiger partial charge in [0.1, 0.15) is 18.1 Å². The molecule has 2 rings (SSSR count). The molecule has 6 nitrogen and oxygen atoms in total. The standard InChI is InChI=1S/C20H24N2O4/c1-15-4-6-17(7-5-15)21-20(24)14-22(16(2)23)12-13-26-19-10-8-18(25-3)9-11-19/h4-11H,12-14H2,1-3H3,(H,21,24). The van der Waals surface area contributed by atoms with Crippen molar-refractivity contribution in [3.8, 4) is 11.5 Å². The lowest BCUT2D eigenvalue weighted by atomic mass is 10.2. The van der Waals surface area contributed by atoms with Crippen molar-refractivity contribution in [1.82, 2.24) is 4.90 Å². The Morgan fingerprint density at radius 2 is 1.62 bits per heavy atom. The van der Waals surface area contributed by atoms with E-state index >= 15 is 0 Å². The molecule has 0 radical (unpaired) electrons. The monoisotopic (exact) mass is 356 g/mol. The summed E-state index contributed by atoms with van der Waals surface area (Å²) in [6.07, 6.45) is 0. The molecule has 0 aliphatic heterocycles. The number of nitrogens with zero attached hydrogens (tertiary/aromatic N) is 1. The van der Waals surface area contributed by atoms with Gasteiger partial charge < -0.3 is 19.7 Å². The summed E-state index contributed by atoms with van der Waals surface area (Å²) in [5.74, 6) is 1.00. The lowest BCUT2D eigenvalue weighted by Crippen LogP contribution is -2.39. The number of nitrogens with one attached hydrogen (secondary N) is 1. The highest BCUT2D eigenvalue weighted by Crippen LogP contribution is 2.16. The van der Waals surface area contributed by atoms with Crippen molar-refractivity contribution in [2.45, 2.75) is 13.8 Å². The van der Waals surface area contributed by atoms with Crippen LogP contribution >= 0.6 is 0 Å². The van der Waals surface area contributed by atoms with E-state index in [0.29, 0.717) is 24.6 Å². The third kappa shape index (κ3) is 6.12. The van der Waals surface area contributed by atoms with Crippen molar-refractivity contribution in [3.63, 3.8) is 0 Å². The Morgan fingerprint density at radius 1 is 1.00 bits per heavy atom. The molecule has 0 spiro atoms. The van der Waals surface area contributed by atoms with E-state index in [1.165, 1.54) is 11.8 Å². The van der Waals surface area contributed by atoms with Crippen molar-refractivity contribution >= 4 is 17.5 Å². The third-order valence-electron chi connectivity index (χ3n) is 3.80. The molecule has 0 atom stereocenters. The van der Waals surface area contributed by atoms with Crippen LogP contribution in [0.2, 0.25) is 0 Å².